The number of hydrogen-bond acceptors (Lipinski definition) is 4. The highest BCUT2D eigenvalue weighted by Gasteiger charge is 2.24. The van der Waals surface area contributed by atoms with E-state index in [-0.39, 0.29) is 0 Å². The fraction of sp³-hybridized carbons (Fsp3) is 1.00. The molecule has 1 rings (SSSR count). The van der Waals surface area contributed by atoms with Gasteiger partial charge in [0.1, 0.15) is 0 Å². The van der Waals surface area contributed by atoms with Crippen LogP contribution in [0.4, 0.5) is 0 Å². The second-order valence-electron chi connectivity index (χ2n) is 5.05. The number of nitrogens with two attached hydrogens (primary N) is 1. The zero-order valence-electron chi connectivity index (χ0n) is 11.7. The van der Waals surface area contributed by atoms with E-state index in [2.05, 4.69) is 23.6 Å². The lowest BCUT2D eigenvalue weighted by Crippen LogP contribution is -2.54. The summed E-state index contributed by atoms with van der Waals surface area (Å²) in [5, 5.41) is 0. The van der Waals surface area contributed by atoms with Gasteiger partial charge in [-0.25, -0.2) is 0 Å². The van der Waals surface area contributed by atoms with Crippen LogP contribution < -0.4 is 5.73 Å². The summed E-state index contributed by atoms with van der Waals surface area (Å²) in [5.74, 6) is 0. The lowest BCUT2D eigenvalue weighted by atomic mass is 10.1. The molecule has 1 heterocycles. The highest BCUT2D eigenvalue weighted by Crippen LogP contribution is 2.12. The summed E-state index contributed by atoms with van der Waals surface area (Å²) in [7, 11) is 1.78. The summed E-state index contributed by atoms with van der Waals surface area (Å²) in [6.45, 7) is 10.7. The average molecular weight is 243 g/mol. The van der Waals surface area contributed by atoms with E-state index >= 15 is 0 Å². The quantitative estimate of drug-likeness (QED) is 0.717. The van der Waals surface area contributed by atoms with E-state index in [1.54, 1.807) is 7.11 Å². The van der Waals surface area contributed by atoms with Crippen LogP contribution in [0.15, 0.2) is 0 Å². The number of ether oxygens (including phenoxy) is 1. The van der Waals surface area contributed by atoms with Crippen molar-refractivity contribution in [3.8, 4) is 0 Å². The summed E-state index contributed by atoms with van der Waals surface area (Å²) in [6.07, 6.45) is 2.45. The van der Waals surface area contributed by atoms with Gasteiger partial charge in [-0.15, -0.1) is 0 Å². The molecule has 1 aliphatic heterocycles. The van der Waals surface area contributed by atoms with Crippen LogP contribution in [0, 0.1) is 0 Å². The van der Waals surface area contributed by atoms with Gasteiger partial charge in [0, 0.05) is 51.9 Å². The molecule has 0 aliphatic carbocycles. The van der Waals surface area contributed by atoms with Gasteiger partial charge < -0.3 is 10.5 Å². The van der Waals surface area contributed by atoms with Crippen molar-refractivity contribution in [1.82, 2.24) is 9.80 Å². The molecule has 0 aromatic heterocycles. The number of piperazine rings is 1. The molecule has 1 fully saturated rings. The Bertz CT molecular complexity index is 193. The molecule has 0 spiro atoms. The second-order valence-corrected chi connectivity index (χ2v) is 5.05. The molecule has 2 atom stereocenters. The smallest absolute Gasteiger partial charge is 0.0615 e. The molecule has 0 radical (unpaired) electrons. The number of methoxy groups -OCH3 is 1. The third kappa shape index (κ3) is 4.54. The molecule has 4 nitrogen and oxygen atoms in total. The molecule has 1 saturated heterocycles. The first kappa shape index (κ1) is 14.9. The highest BCUT2D eigenvalue weighted by molar-refractivity contribution is 4.81. The van der Waals surface area contributed by atoms with E-state index in [9.17, 15) is 0 Å². The molecule has 0 aromatic rings. The molecular weight excluding hydrogens is 214 g/mol. The Balaban J connectivity index is 2.33. The van der Waals surface area contributed by atoms with E-state index in [0.717, 1.165) is 39.3 Å². The van der Waals surface area contributed by atoms with Gasteiger partial charge in [-0.3, -0.25) is 9.80 Å². The Kier molecular flexibility index (Phi) is 7.04. The van der Waals surface area contributed by atoms with Crippen LogP contribution in [0.1, 0.15) is 26.7 Å². The molecule has 2 unspecified atom stereocenters. The second kappa shape index (κ2) is 8.03. The van der Waals surface area contributed by atoms with Gasteiger partial charge in [0.15, 0.2) is 0 Å². The van der Waals surface area contributed by atoms with Gasteiger partial charge in [0.2, 0.25) is 0 Å². The molecule has 17 heavy (non-hydrogen) atoms. The van der Waals surface area contributed by atoms with Crippen molar-refractivity contribution in [2.45, 2.75) is 38.8 Å². The SMILES string of the molecule is CCCC(CN)N1CCN(C(C)COC)CC1. The van der Waals surface area contributed by atoms with Crippen LogP contribution in [0.2, 0.25) is 0 Å². The molecule has 0 aromatic carbocycles. The summed E-state index contributed by atoms with van der Waals surface area (Å²) >= 11 is 0. The maximum Gasteiger partial charge on any atom is 0.0615 e. The minimum atomic E-state index is 0.532. The molecule has 1 aliphatic rings. The Hall–Kier alpha value is -0.160. The van der Waals surface area contributed by atoms with Crippen molar-refractivity contribution in [2.75, 3.05) is 46.4 Å². The first-order valence-corrected chi connectivity index (χ1v) is 6.90. The van der Waals surface area contributed by atoms with Gasteiger partial charge >= 0.3 is 0 Å². The predicted molar refractivity (Wildman–Crippen MR) is 72.2 cm³/mol. The maximum absolute atomic E-state index is 5.86. The van der Waals surface area contributed by atoms with Crippen LogP contribution in [-0.2, 0) is 4.74 Å². The van der Waals surface area contributed by atoms with Crippen molar-refractivity contribution in [3.05, 3.63) is 0 Å². The van der Waals surface area contributed by atoms with Crippen LogP contribution in [-0.4, -0.2) is 68.3 Å². The summed E-state index contributed by atoms with van der Waals surface area (Å²) in [5.41, 5.74) is 5.86. The van der Waals surface area contributed by atoms with E-state index in [1.807, 2.05) is 0 Å². The van der Waals surface area contributed by atoms with Crippen LogP contribution in [0.25, 0.3) is 0 Å². The van der Waals surface area contributed by atoms with Gasteiger partial charge in [0.05, 0.1) is 6.61 Å². The summed E-state index contributed by atoms with van der Waals surface area (Å²) in [6, 6.07) is 1.12. The first-order chi connectivity index (χ1) is 8.22. The average Bonchev–Trinajstić information content (AvgIpc) is 2.36. The predicted octanol–water partition coefficient (Wildman–Crippen LogP) is 0.766. The van der Waals surface area contributed by atoms with E-state index in [0.29, 0.717) is 12.1 Å². The molecule has 102 valence electrons. The minimum Gasteiger partial charge on any atom is -0.383 e. The zero-order chi connectivity index (χ0) is 12.7. The van der Waals surface area contributed by atoms with Crippen LogP contribution in [0.5, 0.6) is 0 Å². The molecule has 0 saturated carbocycles. The van der Waals surface area contributed by atoms with Crippen LogP contribution >= 0.6 is 0 Å². The Morgan fingerprint density at radius 1 is 1.18 bits per heavy atom. The fourth-order valence-electron chi connectivity index (χ4n) is 2.67. The van der Waals surface area contributed by atoms with Crippen molar-refractivity contribution >= 4 is 0 Å². The topological polar surface area (TPSA) is 41.7 Å². The van der Waals surface area contributed by atoms with Crippen LogP contribution in [0.3, 0.4) is 0 Å². The number of rotatable bonds is 7. The summed E-state index contributed by atoms with van der Waals surface area (Å²) < 4.78 is 5.22. The first-order valence-electron chi connectivity index (χ1n) is 6.90. The lowest BCUT2D eigenvalue weighted by molar-refractivity contribution is 0.0416. The number of nitrogens with zero attached hydrogens (tertiary/aromatic N) is 2. The normalized spacial score (nSPS) is 22.6. The van der Waals surface area contributed by atoms with Crippen molar-refractivity contribution < 1.29 is 4.74 Å². The van der Waals surface area contributed by atoms with Gasteiger partial charge in [-0.05, 0) is 13.3 Å². The fourth-order valence-corrected chi connectivity index (χ4v) is 2.67. The van der Waals surface area contributed by atoms with Crippen molar-refractivity contribution in [3.63, 3.8) is 0 Å². The molecular formula is C13H29N3O. The largest absolute Gasteiger partial charge is 0.383 e. The Labute approximate surface area is 106 Å². The Morgan fingerprint density at radius 2 is 1.76 bits per heavy atom. The third-order valence-electron chi connectivity index (χ3n) is 3.79. The summed E-state index contributed by atoms with van der Waals surface area (Å²) in [4.78, 5) is 5.07. The van der Waals surface area contributed by atoms with Gasteiger partial charge in [0.25, 0.3) is 0 Å². The zero-order valence-corrected chi connectivity index (χ0v) is 11.7. The van der Waals surface area contributed by atoms with E-state index in [4.69, 9.17) is 10.5 Å². The monoisotopic (exact) mass is 243 g/mol. The lowest BCUT2D eigenvalue weighted by Gasteiger charge is -2.41. The molecule has 0 bridgehead atoms. The van der Waals surface area contributed by atoms with Crippen molar-refractivity contribution in [1.29, 1.82) is 0 Å². The van der Waals surface area contributed by atoms with Gasteiger partial charge in [-0.1, -0.05) is 13.3 Å². The molecule has 0 amide bonds. The van der Waals surface area contributed by atoms with E-state index < -0.39 is 0 Å². The standard InChI is InChI=1S/C13H29N3O/c1-4-5-13(10-14)16-8-6-15(7-9-16)12(2)11-17-3/h12-13H,4-11,14H2,1-3H3. The minimum absolute atomic E-state index is 0.532. The molecule has 2 N–H and O–H groups in total. The van der Waals surface area contributed by atoms with Crippen molar-refractivity contribution in [2.24, 2.45) is 5.73 Å². The highest BCUT2D eigenvalue weighted by atomic mass is 16.5. The third-order valence-corrected chi connectivity index (χ3v) is 3.79. The number of hydrogen-bond donors (Lipinski definition) is 1. The Morgan fingerprint density at radius 3 is 2.24 bits per heavy atom. The maximum atomic E-state index is 5.86. The van der Waals surface area contributed by atoms with E-state index in [1.165, 1.54) is 12.8 Å². The van der Waals surface area contributed by atoms with Gasteiger partial charge in [-0.2, -0.15) is 0 Å². The molecule has 4 heteroatoms.